The standard InChI is InChI=1S/C15H20N2O2/c1-10(18)17-6-4-13(14(16)9-17)12-3-2-11-5-7-19-15(11)8-12/h2-3,8,13-14H,4-7,9,16H2,1H3. The van der Waals surface area contributed by atoms with Crippen LogP contribution in [0.2, 0.25) is 0 Å². The van der Waals surface area contributed by atoms with Crippen LogP contribution in [0.1, 0.15) is 30.4 Å². The van der Waals surface area contributed by atoms with E-state index < -0.39 is 0 Å². The van der Waals surface area contributed by atoms with Gasteiger partial charge >= 0.3 is 0 Å². The number of benzene rings is 1. The van der Waals surface area contributed by atoms with Gasteiger partial charge in [0.1, 0.15) is 5.75 Å². The Balaban J connectivity index is 1.78. The highest BCUT2D eigenvalue weighted by atomic mass is 16.5. The summed E-state index contributed by atoms with van der Waals surface area (Å²) in [5, 5.41) is 0. The van der Waals surface area contributed by atoms with E-state index in [-0.39, 0.29) is 11.9 Å². The largest absolute Gasteiger partial charge is 0.493 e. The van der Waals surface area contributed by atoms with Gasteiger partial charge < -0.3 is 15.4 Å². The number of carbonyl (C=O) groups excluding carboxylic acids is 1. The topological polar surface area (TPSA) is 55.6 Å². The monoisotopic (exact) mass is 260 g/mol. The molecule has 0 radical (unpaired) electrons. The SMILES string of the molecule is CC(=O)N1CCC(c2ccc3c(c2)OCC3)C(N)C1. The summed E-state index contributed by atoms with van der Waals surface area (Å²) in [5.74, 6) is 1.45. The predicted octanol–water partition coefficient (Wildman–Crippen LogP) is 1.28. The third-order valence-corrected chi connectivity index (χ3v) is 4.25. The fourth-order valence-electron chi connectivity index (χ4n) is 3.10. The van der Waals surface area contributed by atoms with Crippen molar-refractivity contribution in [3.63, 3.8) is 0 Å². The number of nitrogens with two attached hydrogens (primary N) is 1. The molecule has 102 valence electrons. The maximum atomic E-state index is 11.4. The van der Waals surface area contributed by atoms with Crippen molar-refractivity contribution in [1.29, 1.82) is 0 Å². The first-order chi connectivity index (χ1) is 9.15. The summed E-state index contributed by atoms with van der Waals surface area (Å²) >= 11 is 0. The van der Waals surface area contributed by atoms with Crippen LogP contribution in [0, 0.1) is 0 Å². The number of nitrogens with zero attached hydrogens (tertiary/aromatic N) is 1. The highest BCUT2D eigenvalue weighted by Gasteiger charge is 2.29. The van der Waals surface area contributed by atoms with Crippen LogP contribution < -0.4 is 10.5 Å². The van der Waals surface area contributed by atoms with E-state index in [1.165, 1.54) is 11.1 Å². The lowest BCUT2D eigenvalue weighted by Crippen LogP contribution is -2.48. The Bertz CT molecular complexity index is 501. The third kappa shape index (κ3) is 2.32. The van der Waals surface area contributed by atoms with E-state index in [0.29, 0.717) is 12.5 Å². The minimum absolute atomic E-state index is 0.0112. The molecule has 0 saturated carbocycles. The van der Waals surface area contributed by atoms with Crippen LogP contribution in [0.15, 0.2) is 18.2 Å². The zero-order valence-electron chi connectivity index (χ0n) is 11.3. The molecule has 2 aliphatic heterocycles. The van der Waals surface area contributed by atoms with Crippen LogP contribution in [-0.2, 0) is 11.2 Å². The van der Waals surface area contributed by atoms with Gasteiger partial charge in [0, 0.05) is 38.4 Å². The highest BCUT2D eigenvalue weighted by molar-refractivity contribution is 5.73. The fraction of sp³-hybridized carbons (Fsp3) is 0.533. The Hall–Kier alpha value is -1.55. The lowest BCUT2D eigenvalue weighted by atomic mass is 9.85. The van der Waals surface area contributed by atoms with Crippen molar-refractivity contribution in [2.75, 3.05) is 19.7 Å². The minimum atomic E-state index is 0.0112. The second-order valence-electron chi connectivity index (χ2n) is 5.49. The lowest BCUT2D eigenvalue weighted by molar-refractivity contribution is -0.130. The van der Waals surface area contributed by atoms with Gasteiger partial charge in [-0.25, -0.2) is 0 Å². The Morgan fingerprint density at radius 3 is 3.05 bits per heavy atom. The molecule has 0 aromatic heterocycles. The van der Waals surface area contributed by atoms with Crippen molar-refractivity contribution in [2.24, 2.45) is 5.73 Å². The average molecular weight is 260 g/mol. The van der Waals surface area contributed by atoms with Gasteiger partial charge in [0.15, 0.2) is 0 Å². The van der Waals surface area contributed by atoms with E-state index in [1.54, 1.807) is 6.92 Å². The minimum Gasteiger partial charge on any atom is -0.493 e. The van der Waals surface area contributed by atoms with Crippen LogP contribution in [0.4, 0.5) is 0 Å². The molecule has 2 aliphatic rings. The molecular weight excluding hydrogens is 240 g/mol. The maximum absolute atomic E-state index is 11.4. The van der Waals surface area contributed by atoms with E-state index in [4.69, 9.17) is 10.5 Å². The van der Waals surface area contributed by atoms with Gasteiger partial charge in [-0.1, -0.05) is 12.1 Å². The Morgan fingerprint density at radius 1 is 1.47 bits per heavy atom. The summed E-state index contributed by atoms with van der Waals surface area (Å²) < 4.78 is 5.62. The Kier molecular flexibility index (Phi) is 3.19. The molecule has 4 nitrogen and oxygen atoms in total. The summed E-state index contributed by atoms with van der Waals surface area (Å²) in [7, 11) is 0. The maximum Gasteiger partial charge on any atom is 0.219 e. The Morgan fingerprint density at radius 2 is 2.32 bits per heavy atom. The van der Waals surface area contributed by atoms with Crippen LogP contribution in [-0.4, -0.2) is 36.5 Å². The number of piperidine rings is 1. The molecule has 1 amide bonds. The van der Waals surface area contributed by atoms with Crippen LogP contribution in [0.5, 0.6) is 5.75 Å². The molecule has 2 heterocycles. The smallest absolute Gasteiger partial charge is 0.219 e. The second-order valence-corrected chi connectivity index (χ2v) is 5.49. The fourth-order valence-corrected chi connectivity index (χ4v) is 3.10. The number of amides is 1. The number of carbonyl (C=O) groups is 1. The average Bonchev–Trinajstić information content (AvgIpc) is 2.85. The third-order valence-electron chi connectivity index (χ3n) is 4.25. The summed E-state index contributed by atoms with van der Waals surface area (Å²) in [4.78, 5) is 13.2. The summed E-state index contributed by atoms with van der Waals surface area (Å²) in [5.41, 5.74) is 8.79. The van der Waals surface area contributed by atoms with Gasteiger partial charge in [0.2, 0.25) is 5.91 Å². The van der Waals surface area contributed by atoms with Gasteiger partial charge in [0.05, 0.1) is 6.61 Å². The van der Waals surface area contributed by atoms with Crippen molar-refractivity contribution in [2.45, 2.75) is 31.7 Å². The second kappa shape index (κ2) is 4.85. The molecule has 2 unspecified atom stereocenters. The lowest BCUT2D eigenvalue weighted by Gasteiger charge is -2.36. The van der Waals surface area contributed by atoms with Crippen molar-refractivity contribution in [1.82, 2.24) is 4.90 Å². The van der Waals surface area contributed by atoms with Crippen molar-refractivity contribution < 1.29 is 9.53 Å². The normalized spacial score (nSPS) is 25.9. The van der Waals surface area contributed by atoms with Gasteiger partial charge in [-0.15, -0.1) is 0 Å². The van der Waals surface area contributed by atoms with E-state index >= 15 is 0 Å². The summed E-state index contributed by atoms with van der Waals surface area (Å²) in [6, 6.07) is 6.47. The molecule has 1 aromatic carbocycles. The summed E-state index contributed by atoms with van der Waals surface area (Å²) in [6.07, 6.45) is 1.93. The first-order valence-corrected chi connectivity index (χ1v) is 6.92. The molecule has 1 aromatic rings. The molecule has 0 bridgehead atoms. The molecular formula is C15H20N2O2. The van der Waals surface area contributed by atoms with Crippen molar-refractivity contribution >= 4 is 5.91 Å². The first kappa shape index (κ1) is 12.5. The first-order valence-electron chi connectivity index (χ1n) is 6.92. The molecule has 2 N–H and O–H groups in total. The predicted molar refractivity (Wildman–Crippen MR) is 73.2 cm³/mol. The van der Waals surface area contributed by atoms with E-state index in [0.717, 1.165) is 31.7 Å². The molecule has 0 aliphatic carbocycles. The van der Waals surface area contributed by atoms with Crippen LogP contribution in [0.25, 0.3) is 0 Å². The number of hydrogen-bond acceptors (Lipinski definition) is 3. The molecule has 4 heteroatoms. The van der Waals surface area contributed by atoms with E-state index in [2.05, 4.69) is 18.2 Å². The van der Waals surface area contributed by atoms with Gasteiger partial charge in [-0.3, -0.25) is 4.79 Å². The number of rotatable bonds is 1. The van der Waals surface area contributed by atoms with E-state index in [1.807, 2.05) is 4.90 Å². The number of fused-ring (bicyclic) bond motifs is 1. The number of ether oxygens (including phenoxy) is 1. The zero-order chi connectivity index (χ0) is 13.4. The molecule has 0 spiro atoms. The molecule has 1 fully saturated rings. The van der Waals surface area contributed by atoms with Gasteiger partial charge in [0.25, 0.3) is 0 Å². The van der Waals surface area contributed by atoms with Gasteiger partial charge in [-0.2, -0.15) is 0 Å². The highest BCUT2D eigenvalue weighted by Crippen LogP contribution is 2.33. The van der Waals surface area contributed by atoms with Gasteiger partial charge in [-0.05, 0) is 23.6 Å². The van der Waals surface area contributed by atoms with E-state index in [9.17, 15) is 4.79 Å². The molecule has 1 saturated heterocycles. The number of likely N-dealkylation sites (tertiary alicyclic amines) is 1. The van der Waals surface area contributed by atoms with Crippen LogP contribution >= 0.6 is 0 Å². The van der Waals surface area contributed by atoms with Crippen molar-refractivity contribution in [3.05, 3.63) is 29.3 Å². The molecule has 2 atom stereocenters. The molecule has 19 heavy (non-hydrogen) atoms. The zero-order valence-corrected chi connectivity index (χ0v) is 11.3. The van der Waals surface area contributed by atoms with Crippen LogP contribution in [0.3, 0.4) is 0 Å². The molecule has 3 rings (SSSR count). The summed E-state index contributed by atoms with van der Waals surface area (Å²) in [6.45, 7) is 3.84. The number of hydrogen-bond donors (Lipinski definition) is 1. The quantitative estimate of drug-likeness (QED) is 0.827. The van der Waals surface area contributed by atoms with Crippen molar-refractivity contribution in [3.8, 4) is 5.75 Å². The Labute approximate surface area is 113 Å².